The summed E-state index contributed by atoms with van der Waals surface area (Å²) in [4.78, 5) is 0. The molecule has 15 heavy (non-hydrogen) atoms. The average molecular weight is 209 g/mol. The van der Waals surface area contributed by atoms with Crippen molar-refractivity contribution in [3.63, 3.8) is 0 Å². The van der Waals surface area contributed by atoms with Gasteiger partial charge in [0.05, 0.1) is 0 Å². The van der Waals surface area contributed by atoms with E-state index >= 15 is 0 Å². The number of fused-ring (bicyclic) bond motifs is 2. The Balaban J connectivity index is 2.09. The highest BCUT2D eigenvalue weighted by Crippen LogP contribution is 2.62. The second kappa shape index (κ2) is 3.48. The molecule has 0 spiro atoms. The molecule has 2 aliphatic rings. The topological polar surface area (TPSA) is 12.0 Å². The normalized spacial score (nSPS) is 42.8. The summed E-state index contributed by atoms with van der Waals surface area (Å²) in [6.45, 7) is 13.2. The van der Waals surface area contributed by atoms with Crippen molar-refractivity contribution >= 4 is 0 Å². The van der Waals surface area contributed by atoms with Crippen molar-refractivity contribution in [1.82, 2.24) is 5.32 Å². The van der Waals surface area contributed by atoms with Gasteiger partial charge in [0.1, 0.15) is 0 Å². The van der Waals surface area contributed by atoms with Crippen molar-refractivity contribution in [1.29, 1.82) is 0 Å². The monoisotopic (exact) mass is 209 g/mol. The maximum Gasteiger partial charge on any atom is 0.0175 e. The molecule has 0 heterocycles. The van der Waals surface area contributed by atoms with Crippen molar-refractivity contribution in [2.24, 2.45) is 22.7 Å². The molecule has 88 valence electrons. The zero-order chi connectivity index (χ0) is 11.3. The van der Waals surface area contributed by atoms with Crippen LogP contribution in [0, 0.1) is 22.7 Å². The highest BCUT2D eigenvalue weighted by molar-refractivity contribution is 5.11. The Hall–Kier alpha value is -0.0400. The van der Waals surface area contributed by atoms with Crippen LogP contribution in [0.5, 0.6) is 0 Å². The number of nitrogens with one attached hydrogen (secondary N) is 1. The van der Waals surface area contributed by atoms with Crippen molar-refractivity contribution < 1.29 is 0 Å². The highest BCUT2D eigenvalue weighted by Gasteiger charge is 2.58. The first-order valence-electron chi connectivity index (χ1n) is 6.59. The molecule has 2 fully saturated rings. The Morgan fingerprint density at radius 1 is 1.27 bits per heavy atom. The van der Waals surface area contributed by atoms with Gasteiger partial charge in [0.15, 0.2) is 0 Å². The smallest absolute Gasteiger partial charge is 0.0175 e. The first-order valence-corrected chi connectivity index (χ1v) is 6.59. The van der Waals surface area contributed by atoms with E-state index < -0.39 is 0 Å². The van der Waals surface area contributed by atoms with Crippen LogP contribution in [0.25, 0.3) is 0 Å². The van der Waals surface area contributed by atoms with Crippen LogP contribution in [0.3, 0.4) is 0 Å². The predicted octanol–water partition coefficient (Wildman–Crippen LogP) is 3.45. The van der Waals surface area contributed by atoms with Crippen LogP contribution >= 0.6 is 0 Å². The van der Waals surface area contributed by atoms with E-state index in [1.165, 1.54) is 25.8 Å². The summed E-state index contributed by atoms with van der Waals surface area (Å²) < 4.78 is 0. The van der Waals surface area contributed by atoms with E-state index in [0.717, 1.165) is 17.9 Å². The molecule has 3 unspecified atom stereocenters. The molecule has 1 heteroatoms. The third-order valence-electron chi connectivity index (χ3n) is 5.00. The van der Waals surface area contributed by atoms with Gasteiger partial charge in [0, 0.05) is 6.04 Å². The van der Waals surface area contributed by atoms with E-state index in [1.54, 1.807) is 0 Å². The fourth-order valence-corrected chi connectivity index (χ4v) is 4.17. The molecule has 1 N–H and O–H groups in total. The standard InChI is InChI=1S/C14H27N/c1-10(2)9-15-12-13(3,4)11-6-7-14(12,5)8-11/h10-12,15H,6-9H2,1-5H3. The van der Waals surface area contributed by atoms with Crippen LogP contribution in [-0.2, 0) is 0 Å². The van der Waals surface area contributed by atoms with Gasteiger partial charge in [-0.3, -0.25) is 0 Å². The summed E-state index contributed by atoms with van der Waals surface area (Å²) in [5, 5.41) is 3.84. The Bertz CT molecular complexity index is 239. The molecule has 0 radical (unpaired) electrons. The molecule has 0 saturated heterocycles. The molecule has 0 aromatic carbocycles. The molecule has 0 aromatic rings. The van der Waals surface area contributed by atoms with Crippen molar-refractivity contribution in [3.05, 3.63) is 0 Å². The second-order valence-electron chi connectivity index (χ2n) is 7.15. The van der Waals surface area contributed by atoms with Crippen LogP contribution in [0.1, 0.15) is 53.9 Å². The predicted molar refractivity (Wildman–Crippen MR) is 65.9 cm³/mol. The minimum atomic E-state index is 0.516. The van der Waals surface area contributed by atoms with Gasteiger partial charge in [0.25, 0.3) is 0 Å². The first kappa shape index (κ1) is 11.4. The zero-order valence-corrected chi connectivity index (χ0v) is 11.1. The molecule has 0 aliphatic heterocycles. The molecule has 2 bridgehead atoms. The quantitative estimate of drug-likeness (QED) is 0.750. The van der Waals surface area contributed by atoms with Crippen molar-refractivity contribution in [2.75, 3.05) is 6.54 Å². The van der Waals surface area contributed by atoms with Crippen LogP contribution in [-0.4, -0.2) is 12.6 Å². The maximum absolute atomic E-state index is 3.84. The molecule has 2 aliphatic carbocycles. The Morgan fingerprint density at radius 2 is 1.93 bits per heavy atom. The van der Waals surface area contributed by atoms with Gasteiger partial charge in [-0.05, 0) is 48.5 Å². The largest absolute Gasteiger partial charge is 0.313 e. The number of rotatable bonds is 3. The van der Waals surface area contributed by atoms with E-state index in [4.69, 9.17) is 0 Å². The molecule has 2 rings (SSSR count). The minimum Gasteiger partial charge on any atom is -0.313 e. The summed E-state index contributed by atoms with van der Waals surface area (Å²) in [6.07, 6.45) is 4.36. The lowest BCUT2D eigenvalue weighted by Gasteiger charge is -2.43. The van der Waals surface area contributed by atoms with Gasteiger partial charge >= 0.3 is 0 Å². The zero-order valence-electron chi connectivity index (χ0n) is 11.1. The van der Waals surface area contributed by atoms with Crippen molar-refractivity contribution in [2.45, 2.75) is 59.9 Å². The Labute approximate surface area is 95.0 Å². The lowest BCUT2D eigenvalue weighted by molar-refractivity contribution is 0.106. The summed E-state index contributed by atoms with van der Waals surface area (Å²) in [6, 6.07) is 0.742. The van der Waals surface area contributed by atoms with Gasteiger partial charge in [-0.1, -0.05) is 34.6 Å². The summed E-state index contributed by atoms with van der Waals surface area (Å²) in [5.74, 6) is 1.73. The summed E-state index contributed by atoms with van der Waals surface area (Å²) in [7, 11) is 0. The van der Waals surface area contributed by atoms with Crippen molar-refractivity contribution in [3.8, 4) is 0 Å². The van der Waals surface area contributed by atoms with E-state index in [-0.39, 0.29) is 0 Å². The van der Waals surface area contributed by atoms with E-state index in [0.29, 0.717) is 10.8 Å². The second-order valence-corrected chi connectivity index (χ2v) is 7.15. The van der Waals surface area contributed by atoms with E-state index in [1.807, 2.05) is 0 Å². The SMILES string of the molecule is CC(C)CNC1C2(C)CCC(C2)C1(C)C. The van der Waals surface area contributed by atoms with Gasteiger partial charge in [0.2, 0.25) is 0 Å². The third kappa shape index (κ3) is 1.73. The molecule has 2 saturated carbocycles. The van der Waals surface area contributed by atoms with Gasteiger partial charge in [-0.2, -0.15) is 0 Å². The lowest BCUT2D eigenvalue weighted by atomic mass is 9.68. The summed E-state index contributed by atoms with van der Waals surface area (Å²) >= 11 is 0. The van der Waals surface area contributed by atoms with Crippen LogP contribution < -0.4 is 5.32 Å². The van der Waals surface area contributed by atoms with Crippen LogP contribution in [0.4, 0.5) is 0 Å². The maximum atomic E-state index is 3.84. The lowest BCUT2D eigenvalue weighted by Crippen LogP contribution is -2.51. The fourth-order valence-electron chi connectivity index (χ4n) is 4.17. The highest BCUT2D eigenvalue weighted by atomic mass is 15.0. The molecule has 1 nitrogen and oxygen atoms in total. The Morgan fingerprint density at radius 3 is 2.40 bits per heavy atom. The molecular weight excluding hydrogens is 182 g/mol. The third-order valence-corrected chi connectivity index (χ3v) is 5.00. The van der Waals surface area contributed by atoms with Gasteiger partial charge in [-0.15, -0.1) is 0 Å². The number of hydrogen-bond donors (Lipinski definition) is 1. The van der Waals surface area contributed by atoms with E-state index in [2.05, 4.69) is 39.9 Å². The van der Waals surface area contributed by atoms with E-state index in [9.17, 15) is 0 Å². The average Bonchev–Trinajstić information content (AvgIpc) is 2.54. The molecule has 0 aromatic heterocycles. The molecular formula is C14H27N. The minimum absolute atomic E-state index is 0.516. The Kier molecular flexibility index (Phi) is 2.65. The number of hydrogen-bond acceptors (Lipinski definition) is 1. The van der Waals surface area contributed by atoms with Crippen LogP contribution in [0.15, 0.2) is 0 Å². The molecule has 0 amide bonds. The van der Waals surface area contributed by atoms with Gasteiger partial charge in [-0.25, -0.2) is 0 Å². The first-order chi connectivity index (χ1) is 6.86. The summed E-state index contributed by atoms with van der Waals surface area (Å²) in [5.41, 5.74) is 1.10. The molecule has 3 atom stereocenters. The van der Waals surface area contributed by atoms with Gasteiger partial charge < -0.3 is 5.32 Å². The fraction of sp³-hybridized carbons (Fsp3) is 1.00. The van der Waals surface area contributed by atoms with Crippen LogP contribution in [0.2, 0.25) is 0 Å².